The smallest absolute Gasteiger partial charge is 0.310 e. The Labute approximate surface area is 86.6 Å². The van der Waals surface area contributed by atoms with Gasteiger partial charge in [0.1, 0.15) is 0 Å². The lowest BCUT2D eigenvalue weighted by Crippen LogP contribution is -1.98. The molecule has 0 aliphatic rings. The van der Waals surface area contributed by atoms with Crippen LogP contribution in [-0.2, 0) is 5.88 Å². The van der Waals surface area contributed by atoms with Gasteiger partial charge in [0.25, 0.3) is 0 Å². The second-order valence-electron chi connectivity index (χ2n) is 2.63. The number of nitrogens with zero attached hydrogens (tertiary/aromatic N) is 1. The Morgan fingerprint density at radius 2 is 2.29 bits per heavy atom. The van der Waals surface area contributed by atoms with Crippen molar-refractivity contribution in [1.82, 2.24) is 0 Å². The Kier molecular flexibility index (Phi) is 3.71. The summed E-state index contributed by atoms with van der Waals surface area (Å²) in [6.07, 6.45) is 0. The van der Waals surface area contributed by atoms with E-state index in [1.807, 2.05) is 0 Å². The molecule has 0 amide bonds. The van der Waals surface area contributed by atoms with Crippen LogP contribution in [0.3, 0.4) is 0 Å². The van der Waals surface area contributed by atoms with Gasteiger partial charge in [0.2, 0.25) is 0 Å². The maximum atomic E-state index is 10.6. The molecule has 1 rings (SSSR count). The van der Waals surface area contributed by atoms with Crippen LogP contribution in [0.15, 0.2) is 18.2 Å². The summed E-state index contributed by atoms with van der Waals surface area (Å²) < 4.78 is 5.14. The molecule has 1 aromatic rings. The van der Waals surface area contributed by atoms with Gasteiger partial charge in [-0.3, -0.25) is 10.1 Å². The van der Waals surface area contributed by atoms with Crippen molar-refractivity contribution in [1.29, 1.82) is 0 Å². The first-order chi connectivity index (χ1) is 6.69. The molecule has 0 aromatic heterocycles. The molecule has 76 valence electrons. The standard InChI is InChI=1S/C9H10ClNO3/c1-2-14-9-5-7(6-10)3-4-8(9)11(12)13/h3-5H,2,6H2,1H3. The van der Waals surface area contributed by atoms with Gasteiger partial charge in [-0.2, -0.15) is 0 Å². The lowest BCUT2D eigenvalue weighted by molar-refractivity contribution is -0.385. The average molecular weight is 216 g/mol. The highest BCUT2D eigenvalue weighted by atomic mass is 35.5. The van der Waals surface area contributed by atoms with Crippen molar-refractivity contribution in [2.45, 2.75) is 12.8 Å². The molecule has 0 saturated carbocycles. The quantitative estimate of drug-likeness (QED) is 0.441. The highest BCUT2D eigenvalue weighted by Gasteiger charge is 2.14. The number of alkyl halides is 1. The molecule has 0 heterocycles. The number of hydrogen-bond acceptors (Lipinski definition) is 3. The first-order valence-corrected chi connectivity index (χ1v) is 4.68. The molecule has 0 radical (unpaired) electrons. The summed E-state index contributed by atoms with van der Waals surface area (Å²) in [6, 6.07) is 4.62. The van der Waals surface area contributed by atoms with Crippen molar-refractivity contribution in [2.75, 3.05) is 6.61 Å². The molecule has 0 saturated heterocycles. The second-order valence-corrected chi connectivity index (χ2v) is 2.89. The minimum absolute atomic E-state index is 0.0271. The van der Waals surface area contributed by atoms with Gasteiger partial charge < -0.3 is 4.74 Å². The van der Waals surface area contributed by atoms with E-state index in [1.165, 1.54) is 6.07 Å². The molecule has 14 heavy (non-hydrogen) atoms. The van der Waals surface area contributed by atoms with Crippen LogP contribution in [0.2, 0.25) is 0 Å². The molecule has 5 heteroatoms. The van der Waals surface area contributed by atoms with E-state index in [9.17, 15) is 10.1 Å². The number of halogens is 1. The molecule has 4 nitrogen and oxygen atoms in total. The zero-order valence-corrected chi connectivity index (χ0v) is 8.45. The van der Waals surface area contributed by atoms with E-state index in [-0.39, 0.29) is 11.4 Å². The number of hydrogen-bond donors (Lipinski definition) is 0. The molecule has 0 aliphatic heterocycles. The van der Waals surface area contributed by atoms with Gasteiger partial charge in [-0.05, 0) is 18.6 Å². The van der Waals surface area contributed by atoms with Crippen LogP contribution in [-0.4, -0.2) is 11.5 Å². The van der Waals surface area contributed by atoms with Crippen molar-refractivity contribution in [3.63, 3.8) is 0 Å². The van der Waals surface area contributed by atoms with Crippen molar-refractivity contribution in [3.05, 3.63) is 33.9 Å². The van der Waals surface area contributed by atoms with Crippen molar-refractivity contribution >= 4 is 17.3 Å². The van der Waals surface area contributed by atoms with Crippen LogP contribution in [0.25, 0.3) is 0 Å². The third kappa shape index (κ3) is 2.35. The van der Waals surface area contributed by atoms with Gasteiger partial charge in [0.05, 0.1) is 11.5 Å². The van der Waals surface area contributed by atoms with Crippen LogP contribution in [0.4, 0.5) is 5.69 Å². The summed E-state index contributed by atoms with van der Waals surface area (Å²) >= 11 is 5.61. The van der Waals surface area contributed by atoms with E-state index >= 15 is 0 Å². The molecule has 0 N–H and O–H groups in total. The van der Waals surface area contributed by atoms with Crippen LogP contribution in [0.1, 0.15) is 12.5 Å². The second kappa shape index (κ2) is 4.81. The lowest BCUT2D eigenvalue weighted by Gasteiger charge is -2.04. The number of nitro groups is 1. The normalized spacial score (nSPS) is 9.86. The molecule has 0 bridgehead atoms. The third-order valence-corrected chi connectivity index (χ3v) is 1.98. The maximum Gasteiger partial charge on any atom is 0.310 e. The van der Waals surface area contributed by atoms with Crippen molar-refractivity contribution < 1.29 is 9.66 Å². The van der Waals surface area contributed by atoms with Crippen LogP contribution in [0, 0.1) is 10.1 Å². The average Bonchev–Trinajstić information content (AvgIpc) is 2.17. The minimum atomic E-state index is -0.469. The van der Waals surface area contributed by atoms with Crippen molar-refractivity contribution in [2.24, 2.45) is 0 Å². The summed E-state index contributed by atoms with van der Waals surface area (Å²) in [5.41, 5.74) is 0.779. The topological polar surface area (TPSA) is 52.4 Å². The Hall–Kier alpha value is -1.29. The molecule has 0 aliphatic carbocycles. The van der Waals surface area contributed by atoms with E-state index in [0.717, 1.165) is 5.56 Å². The van der Waals surface area contributed by atoms with Crippen LogP contribution in [0.5, 0.6) is 5.75 Å². The molecule has 1 aromatic carbocycles. The minimum Gasteiger partial charge on any atom is -0.487 e. The van der Waals surface area contributed by atoms with E-state index in [0.29, 0.717) is 12.5 Å². The largest absolute Gasteiger partial charge is 0.487 e. The summed E-state index contributed by atoms with van der Waals surface area (Å²) in [7, 11) is 0. The van der Waals surface area contributed by atoms with Crippen LogP contribution < -0.4 is 4.74 Å². The number of benzene rings is 1. The zero-order valence-electron chi connectivity index (χ0n) is 7.70. The number of nitro benzene ring substituents is 1. The summed E-state index contributed by atoms with van der Waals surface area (Å²) in [4.78, 5) is 10.1. The Morgan fingerprint density at radius 3 is 2.79 bits per heavy atom. The SMILES string of the molecule is CCOc1cc(CCl)ccc1[N+](=O)[O-]. The fourth-order valence-electron chi connectivity index (χ4n) is 1.06. The lowest BCUT2D eigenvalue weighted by atomic mass is 10.2. The first-order valence-electron chi connectivity index (χ1n) is 4.15. The number of ether oxygens (including phenoxy) is 1. The molecule has 0 unspecified atom stereocenters. The monoisotopic (exact) mass is 215 g/mol. The van der Waals surface area contributed by atoms with Crippen molar-refractivity contribution in [3.8, 4) is 5.75 Å². The third-order valence-electron chi connectivity index (χ3n) is 1.68. The van der Waals surface area contributed by atoms with E-state index < -0.39 is 4.92 Å². The summed E-state index contributed by atoms with van der Waals surface area (Å²) in [6.45, 7) is 2.17. The molecule has 0 spiro atoms. The predicted octanol–water partition coefficient (Wildman–Crippen LogP) is 2.73. The Bertz CT molecular complexity index is 341. The van der Waals surface area contributed by atoms with Gasteiger partial charge in [-0.1, -0.05) is 6.07 Å². The first kappa shape index (κ1) is 10.8. The van der Waals surface area contributed by atoms with E-state index in [4.69, 9.17) is 16.3 Å². The Morgan fingerprint density at radius 1 is 1.57 bits per heavy atom. The van der Waals surface area contributed by atoms with Gasteiger partial charge in [0.15, 0.2) is 5.75 Å². The predicted molar refractivity (Wildman–Crippen MR) is 53.8 cm³/mol. The van der Waals surface area contributed by atoms with Gasteiger partial charge in [-0.25, -0.2) is 0 Å². The molecule has 0 fully saturated rings. The fourth-order valence-corrected chi connectivity index (χ4v) is 1.23. The Balaban J connectivity index is 3.10. The zero-order chi connectivity index (χ0) is 10.6. The fraction of sp³-hybridized carbons (Fsp3) is 0.333. The number of rotatable bonds is 4. The molecular formula is C9H10ClNO3. The summed E-state index contributed by atoms with van der Waals surface area (Å²) in [5, 5.41) is 10.6. The summed E-state index contributed by atoms with van der Waals surface area (Å²) in [5.74, 6) is 0.591. The van der Waals surface area contributed by atoms with E-state index in [2.05, 4.69) is 0 Å². The van der Waals surface area contributed by atoms with Gasteiger partial charge in [0, 0.05) is 11.9 Å². The highest BCUT2D eigenvalue weighted by molar-refractivity contribution is 6.17. The molecular weight excluding hydrogens is 206 g/mol. The maximum absolute atomic E-state index is 10.6. The highest BCUT2D eigenvalue weighted by Crippen LogP contribution is 2.28. The van der Waals surface area contributed by atoms with Gasteiger partial charge in [-0.15, -0.1) is 11.6 Å². The van der Waals surface area contributed by atoms with Crippen LogP contribution >= 0.6 is 11.6 Å². The van der Waals surface area contributed by atoms with E-state index in [1.54, 1.807) is 19.1 Å². The van der Waals surface area contributed by atoms with Gasteiger partial charge >= 0.3 is 5.69 Å². The molecule has 0 atom stereocenters.